The molecule has 0 aliphatic carbocycles. The Hall–Kier alpha value is -1.36. The molecular formula is C15H13IO2. The zero-order valence-electron chi connectivity index (χ0n) is 10.0. The van der Waals surface area contributed by atoms with Crippen molar-refractivity contribution in [2.24, 2.45) is 0 Å². The maximum absolute atomic E-state index is 11.3. The van der Waals surface area contributed by atoms with Gasteiger partial charge in [0.15, 0.2) is 5.78 Å². The Labute approximate surface area is 120 Å². The Morgan fingerprint density at radius 2 is 1.89 bits per heavy atom. The van der Waals surface area contributed by atoms with Crippen LogP contribution in [0, 0.1) is 3.57 Å². The molecule has 2 rings (SSSR count). The second-order valence-corrected chi connectivity index (χ2v) is 5.14. The maximum atomic E-state index is 11.3. The van der Waals surface area contributed by atoms with Crippen LogP contribution in [0.5, 0.6) is 5.75 Å². The molecule has 92 valence electrons. The molecule has 0 heterocycles. The van der Waals surface area contributed by atoms with Gasteiger partial charge in [0, 0.05) is 5.56 Å². The molecule has 0 aliphatic rings. The second kappa shape index (κ2) is 6.00. The topological polar surface area (TPSA) is 26.3 Å². The van der Waals surface area contributed by atoms with Crippen molar-refractivity contribution < 1.29 is 9.53 Å². The Morgan fingerprint density at radius 3 is 2.56 bits per heavy atom. The third-order valence-corrected chi connectivity index (χ3v) is 3.47. The van der Waals surface area contributed by atoms with E-state index < -0.39 is 0 Å². The van der Waals surface area contributed by atoms with Gasteiger partial charge >= 0.3 is 0 Å². The summed E-state index contributed by atoms with van der Waals surface area (Å²) in [7, 11) is 0. The van der Waals surface area contributed by atoms with Gasteiger partial charge in [-0.15, -0.1) is 0 Å². The predicted molar refractivity (Wildman–Crippen MR) is 79.9 cm³/mol. The van der Waals surface area contributed by atoms with Crippen LogP contribution in [-0.4, -0.2) is 5.78 Å². The second-order valence-electron chi connectivity index (χ2n) is 3.98. The van der Waals surface area contributed by atoms with Crippen LogP contribution in [0.4, 0.5) is 0 Å². The van der Waals surface area contributed by atoms with Crippen LogP contribution >= 0.6 is 22.6 Å². The summed E-state index contributed by atoms with van der Waals surface area (Å²) < 4.78 is 6.76. The van der Waals surface area contributed by atoms with Gasteiger partial charge < -0.3 is 4.74 Å². The highest BCUT2D eigenvalue weighted by Gasteiger charge is 2.06. The number of carbonyl (C=O) groups is 1. The van der Waals surface area contributed by atoms with Crippen molar-refractivity contribution in [1.29, 1.82) is 0 Å². The fraction of sp³-hybridized carbons (Fsp3) is 0.133. The number of ketones is 1. The van der Waals surface area contributed by atoms with Crippen LogP contribution in [0.25, 0.3) is 0 Å². The van der Waals surface area contributed by atoms with Crippen molar-refractivity contribution in [3.05, 3.63) is 63.2 Å². The number of benzene rings is 2. The fourth-order valence-corrected chi connectivity index (χ4v) is 2.06. The first-order chi connectivity index (χ1) is 8.66. The number of Topliss-reactive ketones (excluding diaryl/α,β-unsaturated/α-hetero) is 1. The third kappa shape index (κ3) is 3.32. The lowest BCUT2D eigenvalue weighted by Crippen LogP contribution is -1.99. The van der Waals surface area contributed by atoms with Crippen molar-refractivity contribution >= 4 is 28.4 Å². The Balaban J connectivity index is 2.14. The molecule has 0 saturated carbocycles. The first-order valence-electron chi connectivity index (χ1n) is 5.64. The highest BCUT2D eigenvalue weighted by Crippen LogP contribution is 2.23. The van der Waals surface area contributed by atoms with Crippen LogP contribution in [0.3, 0.4) is 0 Å². The monoisotopic (exact) mass is 352 g/mol. The molecule has 2 aromatic rings. The Morgan fingerprint density at radius 1 is 1.17 bits per heavy atom. The minimum Gasteiger partial charge on any atom is -0.488 e. The number of hydrogen-bond donors (Lipinski definition) is 0. The van der Waals surface area contributed by atoms with Crippen molar-refractivity contribution in [3.8, 4) is 5.75 Å². The smallest absolute Gasteiger partial charge is 0.159 e. The lowest BCUT2D eigenvalue weighted by Gasteiger charge is -2.09. The van der Waals surface area contributed by atoms with E-state index in [1.807, 2.05) is 42.5 Å². The summed E-state index contributed by atoms with van der Waals surface area (Å²) in [5.41, 5.74) is 1.79. The molecule has 0 fully saturated rings. The zero-order chi connectivity index (χ0) is 13.0. The van der Waals surface area contributed by atoms with Gasteiger partial charge in [0.1, 0.15) is 12.4 Å². The van der Waals surface area contributed by atoms with Gasteiger partial charge in [0.05, 0.1) is 3.57 Å². The largest absolute Gasteiger partial charge is 0.488 e. The highest BCUT2D eigenvalue weighted by atomic mass is 127. The zero-order valence-corrected chi connectivity index (χ0v) is 12.2. The molecule has 0 spiro atoms. The van der Waals surface area contributed by atoms with Gasteiger partial charge in [0.2, 0.25) is 0 Å². The van der Waals surface area contributed by atoms with Crippen molar-refractivity contribution in [3.63, 3.8) is 0 Å². The normalized spacial score (nSPS) is 10.1. The fourth-order valence-electron chi connectivity index (χ4n) is 1.57. The van der Waals surface area contributed by atoms with Gasteiger partial charge in [-0.05, 0) is 47.2 Å². The Bertz CT molecular complexity index is 550. The quantitative estimate of drug-likeness (QED) is 0.613. The molecule has 0 amide bonds. The van der Waals surface area contributed by atoms with Crippen molar-refractivity contribution in [2.45, 2.75) is 13.5 Å². The van der Waals surface area contributed by atoms with Crippen molar-refractivity contribution in [2.75, 3.05) is 0 Å². The van der Waals surface area contributed by atoms with Crippen LogP contribution in [0.1, 0.15) is 22.8 Å². The van der Waals surface area contributed by atoms with Crippen LogP contribution in [0.15, 0.2) is 48.5 Å². The summed E-state index contributed by atoms with van der Waals surface area (Å²) >= 11 is 2.21. The van der Waals surface area contributed by atoms with Crippen LogP contribution in [-0.2, 0) is 6.61 Å². The van der Waals surface area contributed by atoms with E-state index in [0.29, 0.717) is 12.2 Å². The molecule has 0 aliphatic heterocycles. The lowest BCUT2D eigenvalue weighted by atomic mass is 10.1. The van der Waals surface area contributed by atoms with Crippen LogP contribution in [0.2, 0.25) is 0 Å². The van der Waals surface area contributed by atoms with E-state index in [1.54, 1.807) is 13.0 Å². The van der Waals surface area contributed by atoms with E-state index in [0.717, 1.165) is 14.9 Å². The van der Waals surface area contributed by atoms with E-state index in [4.69, 9.17) is 4.74 Å². The molecule has 2 nitrogen and oxygen atoms in total. The molecular weight excluding hydrogens is 339 g/mol. The first kappa shape index (κ1) is 13.1. The summed E-state index contributed by atoms with van der Waals surface area (Å²) in [6.45, 7) is 2.07. The van der Waals surface area contributed by atoms with E-state index in [-0.39, 0.29) is 5.78 Å². The summed E-state index contributed by atoms with van der Waals surface area (Å²) in [6, 6.07) is 15.5. The number of hydrogen-bond acceptors (Lipinski definition) is 2. The lowest BCUT2D eigenvalue weighted by molar-refractivity contribution is 0.101. The molecule has 0 N–H and O–H groups in total. The Kier molecular flexibility index (Phi) is 4.36. The molecule has 2 aromatic carbocycles. The third-order valence-electron chi connectivity index (χ3n) is 2.57. The minimum absolute atomic E-state index is 0.0518. The summed E-state index contributed by atoms with van der Waals surface area (Å²) in [4.78, 5) is 11.3. The highest BCUT2D eigenvalue weighted by molar-refractivity contribution is 14.1. The predicted octanol–water partition coefficient (Wildman–Crippen LogP) is 4.07. The van der Waals surface area contributed by atoms with Gasteiger partial charge in [0.25, 0.3) is 0 Å². The summed E-state index contributed by atoms with van der Waals surface area (Å²) in [6.07, 6.45) is 0. The van der Waals surface area contributed by atoms with Crippen molar-refractivity contribution in [1.82, 2.24) is 0 Å². The van der Waals surface area contributed by atoms with Crippen LogP contribution < -0.4 is 4.74 Å². The number of ether oxygens (including phenoxy) is 1. The van der Waals surface area contributed by atoms with E-state index >= 15 is 0 Å². The van der Waals surface area contributed by atoms with E-state index in [1.165, 1.54) is 0 Å². The molecule has 0 bridgehead atoms. The average molecular weight is 352 g/mol. The number of carbonyl (C=O) groups excluding carboxylic acids is 1. The number of rotatable bonds is 4. The molecule has 3 heteroatoms. The molecule has 18 heavy (non-hydrogen) atoms. The first-order valence-corrected chi connectivity index (χ1v) is 6.72. The average Bonchev–Trinajstić information content (AvgIpc) is 2.38. The van der Waals surface area contributed by atoms with Gasteiger partial charge in [-0.2, -0.15) is 0 Å². The molecule has 0 aromatic heterocycles. The van der Waals surface area contributed by atoms with E-state index in [2.05, 4.69) is 22.6 Å². The standard InChI is InChI=1S/C15H13IO2/c1-11(17)13-7-8-14(16)15(9-13)18-10-12-5-3-2-4-6-12/h2-9H,10H2,1H3. The van der Waals surface area contributed by atoms with Gasteiger partial charge in [-0.25, -0.2) is 0 Å². The summed E-state index contributed by atoms with van der Waals surface area (Å²) in [5, 5.41) is 0. The van der Waals surface area contributed by atoms with Gasteiger partial charge in [-0.3, -0.25) is 4.79 Å². The molecule has 0 unspecified atom stereocenters. The number of halogens is 1. The SMILES string of the molecule is CC(=O)c1ccc(I)c(OCc2ccccc2)c1. The maximum Gasteiger partial charge on any atom is 0.159 e. The minimum atomic E-state index is 0.0518. The molecule has 0 radical (unpaired) electrons. The van der Waals surface area contributed by atoms with Gasteiger partial charge in [-0.1, -0.05) is 36.4 Å². The summed E-state index contributed by atoms with van der Waals surface area (Å²) in [5.74, 6) is 0.808. The molecule has 0 atom stereocenters. The molecule has 0 saturated heterocycles. The van der Waals surface area contributed by atoms with E-state index in [9.17, 15) is 4.79 Å².